The van der Waals surface area contributed by atoms with Crippen LogP contribution in [0.2, 0.25) is 0 Å². The van der Waals surface area contributed by atoms with Gasteiger partial charge in [0.05, 0.1) is 0 Å². The third kappa shape index (κ3) is 23.4. The Labute approximate surface area is 158 Å². The minimum absolute atomic E-state index is 0.952. The second-order valence-corrected chi connectivity index (χ2v) is 6.84. The number of rotatable bonds is 20. The van der Waals surface area contributed by atoms with E-state index in [0.717, 1.165) is 39.3 Å². The first-order valence-electron chi connectivity index (χ1n) is 10.8. The molecule has 3 N–H and O–H groups in total. The van der Waals surface area contributed by atoms with Gasteiger partial charge < -0.3 is 16.0 Å². The van der Waals surface area contributed by atoms with Crippen molar-refractivity contribution in [1.29, 1.82) is 0 Å². The molecule has 3 heteroatoms. The maximum atomic E-state index is 3.47. The summed E-state index contributed by atoms with van der Waals surface area (Å²) < 4.78 is 0. The zero-order valence-electron chi connectivity index (χ0n) is 17.1. The van der Waals surface area contributed by atoms with Crippen LogP contribution >= 0.6 is 0 Å². The van der Waals surface area contributed by atoms with Crippen LogP contribution in [0.3, 0.4) is 0 Å². The Balaban J connectivity index is 3.13. The van der Waals surface area contributed by atoms with Crippen LogP contribution in [0.4, 0.5) is 0 Å². The van der Waals surface area contributed by atoms with E-state index >= 15 is 0 Å². The van der Waals surface area contributed by atoms with Crippen LogP contribution in [0.15, 0.2) is 24.3 Å². The second-order valence-electron chi connectivity index (χ2n) is 6.84. The van der Waals surface area contributed by atoms with E-state index in [9.17, 15) is 0 Å². The smallest absolute Gasteiger partial charge is 0.0138 e. The molecule has 0 atom stereocenters. The van der Waals surface area contributed by atoms with Crippen LogP contribution in [0.25, 0.3) is 0 Å². The first-order valence-corrected chi connectivity index (χ1v) is 10.8. The van der Waals surface area contributed by atoms with Crippen molar-refractivity contribution in [2.24, 2.45) is 0 Å². The normalized spacial score (nSPS) is 11.9. The Bertz CT molecular complexity index is 259. The van der Waals surface area contributed by atoms with E-state index in [-0.39, 0.29) is 0 Å². The monoisotopic (exact) mass is 351 g/mol. The van der Waals surface area contributed by atoms with E-state index < -0.39 is 0 Å². The highest BCUT2D eigenvalue weighted by molar-refractivity contribution is 4.89. The molecule has 0 amide bonds. The number of nitrogens with one attached hydrogen (secondary N) is 3. The van der Waals surface area contributed by atoms with Gasteiger partial charge in [0.15, 0.2) is 0 Å². The molecule has 0 aliphatic rings. The van der Waals surface area contributed by atoms with E-state index in [0.29, 0.717) is 0 Å². The lowest BCUT2D eigenvalue weighted by Gasteiger charge is -2.02. The van der Waals surface area contributed by atoms with E-state index in [4.69, 9.17) is 0 Å². The van der Waals surface area contributed by atoms with Gasteiger partial charge >= 0.3 is 0 Å². The average Bonchev–Trinajstić information content (AvgIpc) is 2.63. The van der Waals surface area contributed by atoms with E-state index in [2.05, 4.69) is 54.1 Å². The molecule has 0 fully saturated rings. The minimum atomic E-state index is 0.952. The highest BCUT2D eigenvalue weighted by Gasteiger charge is 1.89. The standard InChI is InChI=1S/C22H45N3/c1-3-5-7-9-11-17-23-19-13-15-21-25-22-16-14-20-24-18-12-10-8-6-4-2/h13-16,23-25H,3-12,17-22H2,1-2H3/b15-13-,16-14-. The van der Waals surface area contributed by atoms with Crippen molar-refractivity contribution >= 4 is 0 Å². The van der Waals surface area contributed by atoms with Crippen molar-refractivity contribution < 1.29 is 0 Å². The fourth-order valence-corrected chi connectivity index (χ4v) is 2.66. The molecule has 0 radical (unpaired) electrons. The number of unbranched alkanes of at least 4 members (excludes halogenated alkanes) is 8. The van der Waals surface area contributed by atoms with Gasteiger partial charge in [0.1, 0.15) is 0 Å². The summed E-state index contributed by atoms with van der Waals surface area (Å²) in [6, 6.07) is 0. The Morgan fingerprint density at radius 2 is 0.800 bits per heavy atom. The second kappa shape index (κ2) is 23.4. The van der Waals surface area contributed by atoms with Crippen LogP contribution in [0.5, 0.6) is 0 Å². The molecule has 0 heterocycles. The Morgan fingerprint density at radius 3 is 1.20 bits per heavy atom. The number of hydrogen-bond acceptors (Lipinski definition) is 3. The lowest BCUT2D eigenvalue weighted by atomic mass is 10.1. The molecule has 0 rings (SSSR count). The van der Waals surface area contributed by atoms with Crippen molar-refractivity contribution in [2.45, 2.75) is 78.1 Å². The molecular weight excluding hydrogens is 306 g/mol. The largest absolute Gasteiger partial charge is 0.313 e. The van der Waals surface area contributed by atoms with Crippen molar-refractivity contribution in [3.8, 4) is 0 Å². The summed E-state index contributed by atoms with van der Waals surface area (Å²) >= 11 is 0. The summed E-state index contributed by atoms with van der Waals surface area (Å²) in [5.74, 6) is 0. The Morgan fingerprint density at radius 1 is 0.440 bits per heavy atom. The van der Waals surface area contributed by atoms with Gasteiger partial charge in [0.2, 0.25) is 0 Å². The summed E-state index contributed by atoms with van der Waals surface area (Å²) in [6.07, 6.45) is 22.4. The molecule has 3 nitrogen and oxygen atoms in total. The third-order valence-electron chi connectivity index (χ3n) is 4.30. The molecule has 0 aliphatic heterocycles. The zero-order valence-corrected chi connectivity index (χ0v) is 17.1. The molecule has 0 saturated carbocycles. The van der Waals surface area contributed by atoms with Crippen molar-refractivity contribution in [3.05, 3.63) is 24.3 Å². The van der Waals surface area contributed by atoms with E-state index in [1.54, 1.807) is 0 Å². The van der Waals surface area contributed by atoms with Gasteiger partial charge in [-0.3, -0.25) is 0 Å². The van der Waals surface area contributed by atoms with Crippen molar-refractivity contribution in [2.75, 3.05) is 39.3 Å². The predicted octanol–water partition coefficient (Wildman–Crippen LogP) is 4.81. The SMILES string of the molecule is CCCCCCCNC/C=C\CNC/C=C\CNCCCCCCC. The predicted molar refractivity (Wildman–Crippen MR) is 114 cm³/mol. The summed E-state index contributed by atoms with van der Waals surface area (Å²) in [6.45, 7) is 10.7. The third-order valence-corrected chi connectivity index (χ3v) is 4.30. The van der Waals surface area contributed by atoms with Gasteiger partial charge in [-0.2, -0.15) is 0 Å². The number of hydrogen-bond donors (Lipinski definition) is 3. The van der Waals surface area contributed by atoms with Gasteiger partial charge in [-0.15, -0.1) is 0 Å². The summed E-state index contributed by atoms with van der Waals surface area (Å²) in [5.41, 5.74) is 0. The highest BCUT2D eigenvalue weighted by atomic mass is 14.9. The molecule has 0 aliphatic carbocycles. The molecule has 0 aromatic rings. The average molecular weight is 352 g/mol. The highest BCUT2D eigenvalue weighted by Crippen LogP contribution is 2.01. The summed E-state index contributed by atoms with van der Waals surface area (Å²) in [5, 5.41) is 10.4. The molecule has 0 aromatic heterocycles. The molecule has 148 valence electrons. The lowest BCUT2D eigenvalue weighted by Crippen LogP contribution is -2.17. The zero-order chi connectivity index (χ0) is 18.3. The lowest BCUT2D eigenvalue weighted by molar-refractivity contribution is 0.600. The van der Waals surface area contributed by atoms with Crippen LogP contribution < -0.4 is 16.0 Å². The summed E-state index contributed by atoms with van der Waals surface area (Å²) in [7, 11) is 0. The van der Waals surface area contributed by atoms with Crippen LogP contribution in [0.1, 0.15) is 78.1 Å². The molecule has 0 spiro atoms. The van der Waals surface area contributed by atoms with Crippen LogP contribution in [-0.4, -0.2) is 39.3 Å². The molecule has 0 aromatic carbocycles. The molecule has 0 bridgehead atoms. The van der Waals surface area contributed by atoms with E-state index in [1.165, 1.54) is 64.2 Å². The molecule has 0 saturated heterocycles. The van der Waals surface area contributed by atoms with Crippen LogP contribution in [0, 0.1) is 0 Å². The van der Waals surface area contributed by atoms with Crippen LogP contribution in [-0.2, 0) is 0 Å². The van der Waals surface area contributed by atoms with Gasteiger partial charge in [-0.05, 0) is 25.9 Å². The first kappa shape index (κ1) is 24.4. The van der Waals surface area contributed by atoms with E-state index in [1.807, 2.05) is 0 Å². The molecule has 25 heavy (non-hydrogen) atoms. The maximum Gasteiger partial charge on any atom is 0.0138 e. The summed E-state index contributed by atoms with van der Waals surface area (Å²) in [4.78, 5) is 0. The quantitative estimate of drug-likeness (QED) is 0.218. The van der Waals surface area contributed by atoms with Gasteiger partial charge in [0.25, 0.3) is 0 Å². The topological polar surface area (TPSA) is 36.1 Å². The maximum absolute atomic E-state index is 3.47. The minimum Gasteiger partial charge on any atom is -0.313 e. The fraction of sp³-hybridized carbons (Fsp3) is 0.818. The fourth-order valence-electron chi connectivity index (χ4n) is 2.66. The molecular formula is C22H45N3. The molecule has 0 unspecified atom stereocenters. The Kier molecular flexibility index (Phi) is 22.8. The van der Waals surface area contributed by atoms with Gasteiger partial charge in [-0.1, -0.05) is 89.5 Å². The Hall–Kier alpha value is -0.640. The van der Waals surface area contributed by atoms with Crippen molar-refractivity contribution in [1.82, 2.24) is 16.0 Å². The van der Waals surface area contributed by atoms with Gasteiger partial charge in [0, 0.05) is 26.2 Å². The van der Waals surface area contributed by atoms with Crippen molar-refractivity contribution in [3.63, 3.8) is 0 Å². The van der Waals surface area contributed by atoms with Gasteiger partial charge in [-0.25, -0.2) is 0 Å². The first-order chi connectivity index (χ1) is 12.4.